The van der Waals surface area contributed by atoms with Gasteiger partial charge in [-0.3, -0.25) is 4.79 Å². The number of anilines is 3. The van der Waals surface area contributed by atoms with Crippen LogP contribution in [0.2, 0.25) is 0 Å². The fourth-order valence-corrected chi connectivity index (χ4v) is 3.16. The minimum Gasteiger partial charge on any atom is -0.353 e. The highest BCUT2D eigenvalue weighted by Crippen LogP contribution is 2.17. The number of aryl methyl sites for hydroxylation is 1. The minimum atomic E-state index is -0.408. The fourth-order valence-electron chi connectivity index (χ4n) is 3.16. The number of pyridine rings is 1. The number of hydrogen-bond donors (Lipinski definition) is 1. The van der Waals surface area contributed by atoms with Gasteiger partial charge in [-0.15, -0.1) is 0 Å². The van der Waals surface area contributed by atoms with Crippen molar-refractivity contribution in [1.29, 1.82) is 0 Å². The molecule has 0 radical (unpaired) electrons. The number of rotatable bonds is 4. The molecule has 1 amide bonds. The predicted molar refractivity (Wildman–Crippen MR) is 110 cm³/mol. The molecular weight excluding hydrogens is 371 g/mol. The third-order valence-corrected chi connectivity index (χ3v) is 4.87. The molecule has 1 fully saturated rings. The van der Waals surface area contributed by atoms with Gasteiger partial charge in [0.25, 0.3) is 5.91 Å². The number of halogens is 1. The van der Waals surface area contributed by atoms with Crippen LogP contribution in [0.4, 0.5) is 21.8 Å². The maximum absolute atomic E-state index is 13.7. The van der Waals surface area contributed by atoms with Gasteiger partial charge in [0.1, 0.15) is 11.6 Å². The highest BCUT2D eigenvalue weighted by molar-refractivity contribution is 6.04. The highest BCUT2D eigenvalue weighted by Gasteiger charge is 2.20. The van der Waals surface area contributed by atoms with Gasteiger partial charge in [-0.2, -0.15) is 0 Å². The second-order valence-corrected chi connectivity index (χ2v) is 6.85. The number of hydrogen-bond acceptors (Lipinski definition) is 6. The van der Waals surface area contributed by atoms with Crippen molar-refractivity contribution in [2.45, 2.75) is 6.92 Å². The Balaban J connectivity index is 1.36. The SMILES string of the molecule is Cc1ccc(C(=O)Nc2cnc(N3CCN(c4ccccn4)CC3)nc2)cc1F. The van der Waals surface area contributed by atoms with E-state index in [1.54, 1.807) is 37.6 Å². The quantitative estimate of drug-likeness (QED) is 0.736. The van der Waals surface area contributed by atoms with Gasteiger partial charge in [-0.25, -0.2) is 19.3 Å². The number of amides is 1. The zero-order chi connectivity index (χ0) is 20.2. The van der Waals surface area contributed by atoms with Crippen molar-refractivity contribution >= 4 is 23.4 Å². The van der Waals surface area contributed by atoms with Crippen LogP contribution in [0.3, 0.4) is 0 Å². The van der Waals surface area contributed by atoms with Gasteiger partial charge in [0.2, 0.25) is 5.95 Å². The van der Waals surface area contributed by atoms with E-state index in [1.165, 1.54) is 6.07 Å². The van der Waals surface area contributed by atoms with E-state index in [2.05, 4.69) is 30.1 Å². The van der Waals surface area contributed by atoms with E-state index in [1.807, 2.05) is 18.2 Å². The summed E-state index contributed by atoms with van der Waals surface area (Å²) in [6.45, 7) is 4.88. The lowest BCUT2D eigenvalue weighted by Gasteiger charge is -2.35. The summed E-state index contributed by atoms with van der Waals surface area (Å²) < 4.78 is 13.7. The first-order chi connectivity index (χ1) is 14.1. The van der Waals surface area contributed by atoms with Crippen molar-refractivity contribution in [1.82, 2.24) is 15.0 Å². The van der Waals surface area contributed by atoms with Crippen LogP contribution < -0.4 is 15.1 Å². The van der Waals surface area contributed by atoms with E-state index in [9.17, 15) is 9.18 Å². The number of carbonyl (C=O) groups is 1. The summed E-state index contributed by atoms with van der Waals surface area (Å²) in [5.74, 6) is 0.780. The second kappa shape index (κ2) is 8.22. The van der Waals surface area contributed by atoms with Crippen molar-refractivity contribution < 1.29 is 9.18 Å². The van der Waals surface area contributed by atoms with Crippen LogP contribution in [0.15, 0.2) is 55.0 Å². The zero-order valence-electron chi connectivity index (χ0n) is 16.0. The lowest BCUT2D eigenvalue weighted by atomic mass is 10.1. The number of benzene rings is 1. The Kier molecular flexibility index (Phi) is 5.33. The molecule has 0 spiro atoms. The lowest BCUT2D eigenvalue weighted by Crippen LogP contribution is -2.47. The van der Waals surface area contributed by atoms with E-state index in [-0.39, 0.29) is 5.56 Å². The maximum atomic E-state index is 13.7. The third kappa shape index (κ3) is 4.31. The predicted octanol–water partition coefficient (Wildman–Crippen LogP) is 2.90. The molecule has 1 aromatic carbocycles. The first kappa shape index (κ1) is 18.8. The largest absolute Gasteiger partial charge is 0.353 e. The summed E-state index contributed by atoms with van der Waals surface area (Å²) in [7, 11) is 0. The summed E-state index contributed by atoms with van der Waals surface area (Å²) in [6.07, 6.45) is 4.93. The number of aromatic nitrogens is 3. The lowest BCUT2D eigenvalue weighted by molar-refractivity contribution is 0.102. The molecule has 148 valence electrons. The van der Waals surface area contributed by atoms with Crippen LogP contribution >= 0.6 is 0 Å². The Morgan fingerprint density at radius 1 is 1.00 bits per heavy atom. The van der Waals surface area contributed by atoms with Crippen LogP contribution in [-0.4, -0.2) is 47.0 Å². The average molecular weight is 392 g/mol. The van der Waals surface area contributed by atoms with Crippen molar-refractivity contribution in [3.8, 4) is 0 Å². The summed E-state index contributed by atoms with van der Waals surface area (Å²) in [5.41, 5.74) is 1.21. The molecule has 3 aromatic rings. The second-order valence-electron chi connectivity index (χ2n) is 6.85. The smallest absolute Gasteiger partial charge is 0.255 e. The molecule has 0 atom stereocenters. The molecule has 8 heteroatoms. The fraction of sp³-hybridized carbons (Fsp3) is 0.238. The molecule has 3 heterocycles. The molecule has 0 saturated carbocycles. The molecule has 2 aromatic heterocycles. The Morgan fingerprint density at radius 3 is 2.38 bits per heavy atom. The molecule has 4 rings (SSSR count). The number of carbonyl (C=O) groups excluding carboxylic acids is 1. The number of nitrogens with one attached hydrogen (secondary N) is 1. The number of nitrogens with zero attached hydrogens (tertiary/aromatic N) is 5. The van der Waals surface area contributed by atoms with Crippen LogP contribution in [0, 0.1) is 12.7 Å². The Morgan fingerprint density at radius 2 is 1.72 bits per heavy atom. The van der Waals surface area contributed by atoms with Crippen LogP contribution in [0.1, 0.15) is 15.9 Å². The minimum absolute atomic E-state index is 0.253. The third-order valence-electron chi connectivity index (χ3n) is 4.87. The molecule has 1 saturated heterocycles. The highest BCUT2D eigenvalue weighted by atomic mass is 19.1. The molecule has 1 N–H and O–H groups in total. The van der Waals surface area contributed by atoms with Gasteiger partial charge >= 0.3 is 0 Å². The Bertz CT molecular complexity index is 988. The first-order valence-electron chi connectivity index (χ1n) is 9.40. The van der Waals surface area contributed by atoms with Crippen molar-refractivity contribution in [2.24, 2.45) is 0 Å². The number of piperazine rings is 1. The summed E-state index contributed by atoms with van der Waals surface area (Å²) in [4.78, 5) is 29.7. The van der Waals surface area contributed by atoms with Crippen LogP contribution in [0.5, 0.6) is 0 Å². The molecule has 1 aliphatic heterocycles. The van der Waals surface area contributed by atoms with Gasteiger partial charge in [0.15, 0.2) is 0 Å². The van der Waals surface area contributed by atoms with Gasteiger partial charge in [0, 0.05) is 37.9 Å². The van der Waals surface area contributed by atoms with Crippen molar-refractivity contribution in [3.05, 3.63) is 71.9 Å². The van der Waals surface area contributed by atoms with E-state index in [0.717, 1.165) is 32.0 Å². The van der Waals surface area contributed by atoms with E-state index >= 15 is 0 Å². The normalized spacial score (nSPS) is 14.0. The Hall–Kier alpha value is -3.55. The topological polar surface area (TPSA) is 74.2 Å². The first-order valence-corrected chi connectivity index (χ1v) is 9.40. The maximum Gasteiger partial charge on any atom is 0.255 e. The standard InChI is InChI=1S/C21H21FN6O/c1-15-5-6-16(12-18(15)22)20(29)26-17-13-24-21(25-14-17)28-10-8-27(9-11-28)19-4-2-3-7-23-19/h2-7,12-14H,8-11H2,1H3,(H,26,29). The monoisotopic (exact) mass is 392 g/mol. The van der Waals surface area contributed by atoms with Gasteiger partial charge < -0.3 is 15.1 Å². The summed E-state index contributed by atoms with van der Waals surface area (Å²) >= 11 is 0. The van der Waals surface area contributed by atoms with Crippen LogP contribution in [-0.2, 0) is 0 Å². The van der Waals surface area contributed by atoms with E-state index in [4.69, 9.17) is 0 Å². The molecule has 0 aliphatic carbocycles. The van der Waals surface area contributed by atoms with Gasteiger partial charge in [-0.05, 0) is 36.8 Å². The van der Waals surface area contributed by atoms with Crippen molar-refractivity contribution in [3.63, 3.8) is 0 Å². The molecule has 7 nitrogen and oxygen atoms in total. The van der Waals surface area contributed by atoms with Gasteiger partial charge in [0.05, 0.1) is 18.1 Å². The van der Waals surface area contributed by atoms with Crippen LogP contribution in [0.25, 0.3) is 0 Å². The molecule has 0 bridgehead atoms. The molecule has 1 aliphatic rings. The molecular formula is C21H21FN6O. The average Bonchev–Trinajstić information content (AvgIpc) is 2.77. The van der Waals surface area contributed by atoms with Gasteiger partial charge in [-0.1, -0.05) is 12.1 Å². The Labute approximate surface area is 168 Å². The molecule has 29 heavy (non-hydrogen) atoms. The summed E-state index contributed by atoms with van der Waals surface area (Å²) in [6, 6.07) is 10.3. The van der Waals surface area contributed by atoms with E-state index < -0.39 is 11.7 Å². The zero-order valence-corrected chi connectivity index (χ0v) is 16.0. The van der Waals surface area contributed by atoms with E-state index in [0.29, 0.717) is 17.2 Å². The summed E-state index contributed by atoms with van der Waals surface area (Å²) in [5, 5.41) is 2.70. The van der Waals surface area contributed by atoms with Crippen molar-refractivity contribution in [2.75, 3.05) is 41.3 Å². The molecule has 0 unspecified atom stereocenters.